The maximum absolute atomic E-state index is 8.98. The topological polar surface area (TPSA) is 73.1 Å². The lowest BCUT2D eigenvalue weighted by atomic mass is 10.3. The second-order valence-electron chi connectivity index (χ2n) is 3.93. The molecule has 0 bridgehead atoms. The lowest BCUT2D eigenvalue weighted by Crippen LogP contribution is -2.01. The highest BCUT2D eigenvalue weighted by atomic mass is 16.5. The minimum Gasteiger partial charge on any atom is -0.437 e. The standard InChI is InChI=1S/C13H12N4O2/c18-7-6-17-9-16-11-12(17)14-8-15-13(11)19-10-4-2-1-3-5-10/h1-5,8-9,18H,6-7H2. The van der Waals surface area contributed by atoms with Crippen molar-refractivity contribution in [3.8, 4) is 11.6 Å². The second kappa shape index (κ2) is 5.03. The second-order valence-corrected chi connectivity index (χ2v) is 3.93. The molecule has 0 atom stereocenters. The predicted molar refractivity (Wildman–Crippen MR) is 68.9 cm³/mol. The number of fused-ring (bicyclic) bond motifs is 1. The van der Waals surface area contributed by atoms with E-state index in [1.807, 2.05) is 30.3 Å². The number of para-hydroxylation sites is 1. The minimum absolute atomic E-state index is 0.0321. The first-order valence-electron chi connectivity index (χ1n) is 5.88. The Balaban J connectivity index is 2.00. The summed E-state index contributed by atoms with van der Waals surface area (Å²) in [5.41, 5.74) is 1.23. The lowest BCUT2D eigenvalue weighted by Gasteiger charge is -2.04. The molecule has 0 fully saturated rings. The van der Waals surface area contributed by atoms with Crippen molar-refractivity contribution in [2.24, 2.45) is 0 Å². The number of aromatic nitrogens is 4. The molecule has 1 N–H and O–H groups in total. The molecule has 19 heavy (non-hydrogen) atoms. The summed E-state index contributed by atoms with van der Waals surface area (Å²) >= 11 is 0. The first-order chi connectivity index (χ1) is 9.38. The molecular formula is C13H12N4O2. The van der Waals surface area contributed by atoms with Crippen LogP contribution in [0.5, 0.6) is 11.6 Å². The summed E-state index contributed by atoms with van der Waals surface area (Å²) in [4.78, 5) is 12.5. The van der Waals surface area contributed by atoms with Crippen LogP contribution < -0.4 is 4.74 Å². The molecule has 0 aliphatic heterocycles. The molecule has 0 aliphatic carbocycles. The van der Waals surface area contributed by atoms with Gasteiger partial charge in [-0.1, -0.05) is 18.2 Å². The molecule has 6 nitrogen and oxygen atoms in total. The quantitative estimate of drug-likeness (QED) is 0.767. The van der Waals surface area contributed by atoms with Gasteiger partial charge in [0.25, 0.3) is 5.88 Å². The van der Waals surface area contributed by atoms with Crippen LogP contribution in [0.2, 0.25) is 0 Å². The van der Waals surface area contributed by atoms with E-state index in [2.05, 4.69) is 15.0 Å². The molecule has 0 saturated heterocycles. The largest absolute Gasteiger partial charge is 0.437 e. The molecule has 3 aromatic rings. The third-order valence-corrected chi connectivity index (χ3v) is 2.67. The van der Waals surface area contributed by atoms with Crippen molar-refractivity contribution in [3.63, 3.8) is 0 Å². The Labute approximate surface area is 109 Å². The summed E-state index contributed by atoms with van der Waals surface area (Å²) < 4.78 is 7.45. The predicted octanol–water partition coefficient (Wildman–Crippen LogP) is 1.61. The van der Waals surface area contributed by atoms with Crippen LogP contribution in [0.25, 0.3) is 11.2 Å². The molecule has 2 heterocycles. The normalized spacial score (nSPS) is 10.8. The average Bonchev–Trinajstić information content (AvgIpc) is 2.85. The SMILES string of the molecule is OCCn1cnc2c(Oc3ccccc3)ncnc21. The van der Waals surface area contributed by atoms with Crippen LogP contribution >= 0.6 is 0 Å². The van der Waals surface area contributed by atoms with Gasteiger partial charge in [-0.3, -0.25) is 0 Å². The van der Waals surface area contributed by atoms with E-state index in [0.29, 0.717) is 29.3 Å². The molecule has 6 heteroatoms. The van der Waals surface area contributed by atoms with Crippen molar-refractivity contribution in [1.82, 2.24) is 19.5 Å². The molecule has 0 aliphatic rings. The third-order valence-electron chi connectivity index (χ3n) is 2.67. The summed E-state index contributed by atoms with van der Waals surface area (Å²) in [6, 6.07) is 9.38. The van der Waals surface area contributed by atoms with E-state index in [9.17, 15) is 0 Å². The van der Waals surface area contributed by atoms with Crippen LogP contribution in [-0.4, -0.2) is 31.2 Å². The highest BCUT2D eigenvalue weighted by Crippen LogP contribution is 2.24. The molecule has 0 radical (unpaired) electrons. The molecule has 0 spiro atoms. The molecule has 96 valence electrons. The van der Waals surface area contributed by atoms with Gasteiger partial charge in [-0.2, -0.15) is 4.98 Å². The van der Waals surface area contributed by atoms with Gasteiger partial charge in [0.05, 0.1) is 12.9 Å². The van der Waals surface area contributed by atoms with E-state index in [4.69, 9.17) is 9.84 Å². The number of ether oxygens (including phenoxy) is 1. The summed E-state index contributed by atoms with van der Waals surface area (Å²) in [6.45, 7) is 0.475. The molecule has 0 amide bonds. The van der Waals surface area contributed by atoms with Crippen LogP contribution in [-0.2, 0) is 6.54 Å². The zero-order valence-electron chi connectivity index (χ0n) is 10.1. The van der Waals surface area contributed by atoms with E-state index < -0.39 is 0 Å². The number of hydrogen-bond acceptors (Lipinski definition) is 5. The lowest BCUT2D eigenvalue weighted by molar-refractivity contribution is 0.277. The molecule has 0 saturated carbocycles. The van der Waals surface area contributed by atoms with Crippen molar-refractivity contribution in [2.45, 2.75) is 6.54 Å². The van der Waals surface area contributed by atoms with Crippen LogP contribution in [0.4, 0.5) is 0 Å². The summed E-state index contributed by atoms with van der Waals surface area (Å²) in [5.74, 6) is 1.10. The zero-order chi connectivity index (χ0) is 13.1. The van der Waals surface area contributed by atoms with Gasteiger partial charge in [-0.25, -0.2) is 9.97 Å². The number of hydrogen-bond donors (Lipinski definition) is 1. The third kappa shape index (κ3) is 2.25. The van der Waals surface area contributed by atoms with E-state index in [-0.39, 0.29) is 6.61 Å². The highest BCUT2D eigenvalue weighted by Gasteiger charge is 2.11. The Morgan fingerprint density at radius 1 is 1.11 bits per heavy atom. The zero-order valence-corrected chi connectivity index (χ0v) is 10.1. The van der Waals surface area contributed by atoms with E-state index in [1.54, 1.807) is 10.9 Å². The van der Waals surface area contributed by atoms with Crippen LogP contribution in [0.1, 0.15) is 0 Å². The maximum atomic E-state index is 8.98. The first-order valence-corrected chi connectivity index (χ1v) is 5.88. The Morgan fingerprint density at radius 3 is 2.74 bits per heavy atom. The fourth-order valence-corrected chi connectivity index (χ4v) is 1.81. The number of aliphatic hydroxyl groups excluding tert-OH is 1. The molecular weight excluding hydrogens is 244 g/mol. The van der Waals surface area contributed by atoms with Crippen molar-refractivity contribution >= 4 is 11.2 Å². The van der Waals surface area contributed by atoms with Gasteiger partial charge in [-0.05, 0) is 12.1 Å². The molecule has 1 aromatic carbocycles. The Kier molecular flexibility index (Phi) is 3.07. The Morgan fingerprint density at radius 2 is 1.95 bits per heavy atom. The van der Waals surface area contributed by atoms with Gasteiger partial charge in [0, 0.05) is 6.54 Å². The van der Waals surface area contributed by atoms with Gasteiger partial charge in [0.15, 0.2) is 11.2 Å². The number of imidazole rings is 1. The van der Waals surface area contributed by atoms with E-state index >= 15 is 0 Å². The van der Waals surface area contributed by atoms with Gasteiger partial charge < -0.3 is 14.4 Å². The Hall–Kier alpha value is -2.47. The van der Waals surface area contributed by atoms with Crippen molar-refractivity contribution in [1.29, 1.82) is 0 Å². The smallest absolute Gasteiger partial charge is 0.250 e. The first kappa shape index (κ1) is 11.6. The van der Waals surface area contributed by atoms with Crippen molar-refractivity contribution < 1.29 is 9.84 Å². The highest BCUT2D eigenvalue weighted by molar-refractivity contribution is 5.76. The number of benzene rings is 1. The molecule has 0 unspecified atom stereocenters. The monoisotopic (exact) mass is 256 g/mol. The van der Waals surface area contributed by atoms with Gasteiger partial charge >= 0.3 is 0 Å². The summed E-state index contributed by atoms with van der Waals surface area (Å²) in [7, 11) is 0. The van der Waals surface area contributed by atoms with E-state index in [1.165, 1.54) is 6.33 Å². The summed E-state index contributed by atoms with van der Waals surface area (Å²) in [6.07, 6.45) is 3.05. The van der Waals surface area contributed by atoms with Gasteiger partial charge in [-0.15, -0.1) is 0 Å². The van der Waals surface area contributed by atoms with E-state index in [0.717, 1.165) is 0 Å². The van der Waals surface area contributed by atoms with Crippen molar-refractivity contribution in [2.75, 3.05) is 6.61 Å². The van der Waals surface area contributed by atoms with Crippen LogP contribution in [0.15, 0.2) is 43.0 Å². The van der Waals surface area contributed by atoms with Crippen LogP contribution in [0.3, 0.4) is 0 Å². The fourth-order valence-electron chi connectivity index (χ4n) is 1.81. The molecule has 3 rings (SSSR count). The number of nitrogens with zero attached hydrogens (tertiary/aromatic N) is 4. The Bertz CT molecular complexity index is 681. The summed E-state index contributed by atoms with van der Waals surface area (Å²) in [5, 5.41) is 8.98. The number of aliphatic hydroxyl groups is 1. The maximum Gasteiger partial charge on any atom is 0.250 e. The fraction of sp³-hybridized carbons (Fsp3) is 0.154. The molecule has 2 aromatic heterocycles. The number of rotatable bonds is 4. The van der Waals surface area contributed by atoms with Gasteiger partial charge in [0.2, 0.25) is 0 Å². The van der Waals surface area contributed by atoms with Crippen LogP contribution in [0, 0.1) is 0 Å². The van der Waals surface area contributed by atoms with Crippen molar-refractivity contribution in [3.05, 3.63) is 43.0 Å². The average molecular weight is 256 g/mol. The van der Waals surface area contributed by atoms with Gasteiger partial charge in [0.1, 0.15) is 12.1 Å². The minimum atomic E-state index is 0.0321.